The third-order valence-corrected chi connectivity index (χ3v) is 3.61. The van der Waals surface area contributed by atoms with Gasteiger partial charge >= 0.3 is 0 Å². The summed E-state index contributed by atoms with van der Waals surface area (Å²) in [5.41, 5.74) is 0.727. The van der Waals surface area contributed by atoms with Crippen molar-refractivity contribution in [3.05, 3.63) is 47.7 Å². The first-order chi connectivity index (χ1) is 9.27. The average Bonchev–Trinajstić information content (AvgIpc) is 2.72. The maximum absolute atomic E-state index is 13.2. The maximum atomic E-state index is 13.2. The summed E-state index contributed by atoms with van der Waals surface area (Å²) in [6.45, 7) is 4.14. The summed E-state index contributed by atoms with van der Waals surface area (Å²) in [6, 6.07) is 6.14. The lowest BCUT2D eigenvalue weighted by Crippen LogP contribution is -2.12. The molecule has 2 rings (SSSR count). The van der Waals surface area contributed by atoms with Crippen LogP contribution in [-0.2, 0) is 16.6 Å². The summed E-state index contributed by atoms with van der Waals surface area (Å²) in [6.07, 6.45) is 1.38. The Bertz CT molecular complexity index is 723. The van der Waals surface area contributed by atoms with Gasteiger partial charge in [-0.2, -0.15) is 0 Å². The molecule has 1 aromatic carbocycles. The SMILES string of the molecule is CC(C)c1nc(S(N)(=O)=O)cn1Cc1cccc(F)c1. The van der Waals surface area contributed by atoms with Crippen molar-refractivity contribution in [3.8, 4) is 0 Å². The number of rotatable bonds is 4. The molecule has 0 radical (unpaired) electrons. The van der Waals surface area contributed by atoms with E-state index in [4.69, 9.17) is 5.14 Å². The summed E-state index contributed by atoms with van der Waals surface area (Å²) < 4.78 is 37.6. The van der Waals surface area contributed by atoms with E-state index in [0.717, 1.165) is 5.56 Å². The summed E-state index contributed by atoms with van der Waals surface area (Å²) in [4.78, 5) is 4.06. The van der Waals surface area contributed by atoms with Crippen molar-refractivity contribution < 1.29 is 12.8 Å². The van der Waals surface area contributed by atoms with E-state index < -0.39 is 10.0 Å². The molecule has 0 bridgehead atoms. The van der Waals surface area contributed by atoms with Gasteiger partial charge in [0.25, 0.3) is 10.0 Å². The number of nitrogens with two attached hydrogens (primary N) is 1. The van der Waals surface area contributed by atoms with Crippen LogP contribution in [0.2, 0.25) is 0 Å². The van der Waals surface area contributed by atoms with E-state index >= 15 is 0 Å². The van der Waals surface area contributed by atoms with Crippen LogP contribution in [0.4, 0.5) is 4.39 Å². The normalized spacial score (nSPS) is 12.1. The molecule has 20 heavy (non-hydrogen) atoms. The fourth-order valence-electron chi connectivity index (χ4n) is 1.96. The van der Waals surface area contributed by atoms with E-state index in [1.165, 1.54) is 18.3 Å². The van der Waals surface area contributed by atoms with E-state index in [2.05, 4.69) is 4.98 Å². The molecule has 2 aromatic rings. The largest absolute Gasteiger partial charge is 0.329 e. The topological polar surface area (TPSA) is 78.0 Å². The zero-order valence-corrected chi connectivity index (χ0v) is 12.1. The lowest BCUT2D eigenvalue weighted by atomic mass is 10.2. The van der Waals surface area contributed by atoms with E-state index in [1.54, 1.807) is 16.7 Å². The number of sulfonamides is 1. The number of primary sulfonamides is 1. The molecule has 2 N–H and O–H groups in total. The van der Waals surface area contributed by atoms with Gasteiger partial charge in [0.2, 0.25) is 0 Å². The molecule has 0 aliphatic carbocycles. The summed E-state index contributed by atoms with van der Waals surface area (Å²) >= 11 is 0. The number of imidazole rings is 1. The molecule has 7 heteroatoms. The summed E-state index contributed by atoms with van der Waals surface area (Å²) in [5.74, 6) is 0.290. The Morgan fingerprint density at radius 1 is 1.40 bits per heavy atom. The van der Waals surface area contributed by atoms with Crippen molar-refractivity contribution in [1.82, 2.24) is 9.55 Å². The fourth-order valence-corrected chi connectivity index (χ4v) is 2.46. The number of halogens is 1. The monoisotopic (exact) mass is 297 g/mol. The Balaban J connectivity index is 2.43. The molecule has 0 aliphatic rings. The van der Waals surface area contributed by atoms with Gasteiger partial charge in [-0.05, 0) is 17.7 Å². The second-order valence-corrected chi connectivity index (χ2v) is 6.40. The highest BCUT2D eigenvalue weighted by molar-refractivity contribution is 7.89. The molecule has 0 spiro atoms. The molecule has 0 fully saturated rings. The Morgan fingerprint density at radius 3 is 2.65 bits per heavy atom. The second-order valence-electron chi connectivity index (χ2n) is 4.89. The lowest BCUT2D eigenvalue weighted by molar-refractivity contribution is 0.594. The van der Waals surface area contributed by atoms with Crippen molar-refractivity contribution >= 4 is 10.0 Å². The summed E-state index contributed by atoms with van der Waals surface area (Å²) in [5, 5.41) is 4.92. The number of hydrogen-bond acceptors (Lipinski definition) is 3. The van der Waals surface area contributed by atoms with E-state index in [9.17, 15) is 12.8 Å². The van der Waals surface area contributed by atoms with Crippen LogP contribution in [-0.4, -0.2) is 18.0 Å². The minimum absolute atomic E-state index is 0.0269. The molecule has 0 saturated heterocycles. The first kappa shape index (κ1) is 14.7. The first-order valence-electron chi connectivity index (χ1n) is 6.11. The summed E-state index contributed by atoms with van der Waals surface area (Å²) in [7, 11) is -3.84. The molecule has 0 atom stereocenters. The highest BCUT2D eigenvalue weighted by Crippen LogP contribution is 2.18. The molecular formula is C13H16FN3O2S. The van der Waals surface area contributed by atoms with Gasteiger partial charge in [-0.25, -0.2) is 22.9 Å². The van der Waals surface area contributed by atoms with Crippen LogP contribution in [0.15, 0.2) is 35.5 Å². The number of nitrogens with zero attached hydrogens (tertiary/aromatic N) is 2. The van der Waals surface area contributed by atoms with Crippen molar-refractivity contribution in [1.29, 1.82) is 0 Å². The molecule has 0 unspecified atom stereocenters. The van der Waals surface area contributed by atoms with E-state index in [0.29, 0.717) is 12.4 Å². The zero-order chi connectivity index (χ0) is 14.9. The second kappa shape index (κ2) is 5.34. The van der Waals surface area contributed by atoms with Gasteiger partial charge in [-0.3, -0.25) is 0 Å². The third-order valence-electron chi connectivity index (χ3n) is 2.84. The van der Waals surface area contributed by atoms with Gasteiger partial charge in [-0.15, -0.1) is 0 Å². The predicted octanol–water partition coefficient (Wildman–Crippen LogP) is 1.84. The van der Waals surface area contributed by atoms with Crippen molar-refractivity contribution in [2.75, 3.05) is 0 Å². The lowest BCUT2D eigenvalue weighted by Gasteiger charge is -2.10. The predicted molar refractivity (Wildman–Crippen MR) is 73.2 cm³/mol. The van der Waals surface area contributed by atoms with Crippen LogP contribution in [0.5, 0.6) is 0 Å². The highest BCUT2D eigenvalue weighted by atomic mass is 32.2. The van der Waals surface area contributed by atoms with Crippen molar-refractivity contribution in [3.63, 3.8) is 0 Å². The highest BCUT2D eigenvalue weighted by Gasteiger charge is 2.18. The molecule has 0 aliphatic heterocycles. The molecule has 1 aromatic heterocycles. The quantitative estimate of drug-likeness (QED) is 0.935. The fraction of sp³-hybridized carbons (Fsp3) is 0.308. The van der Waals surface area contributed by atoms with Crippen LogP contribution in [0, 0.1) is 5.82 Å². The Morgan fingerprint density at radius 2 is 2.10 bits per heavy atom. The van der Waals surface area contributed by atoms with Crippen molar-refractivity contribution in [2.24, 2.45) is 5.14 Å². The smallest absolute Gasteiger partial charge is 0.257 e. The van der Waals surface area contributed by atoms with Crippen LogP contribution in [0.25, 0.3) is 0 Å². The van der Waals surface area contributed by atoms with Crippen LogP contribution >= 0.6 is 0 Å². The van der Waals surface area contributed by atoms with Crippen molar-refractivity contribution in [2.45, 2.75) is 31.3 Å². The van der Waals surface area contributed by atoms with Gasteiger partial charge in [0, 0.05) is 18.7 Å². The van der Waals surface area contributed by atoms with Crippen LogP contribution < -0.4 is 5.14 Å². The van der Waals surface area contributed by atoms with E-state index in [1.807, 2.05) is 13.8 Å². The molecule has 5 nitrogen and oxygen atoms in total. The van der Waals surface area contributed by atoms with Crippen LogP contribution in [0.3, 0.4) is 0 Å². The van der Waals surface area contributed by atoms with Gasteiger partial charge in [0.15, 0.2) is 5.03 Å². The molecule has 0 amide bonds. The third kappa shape index (κ3) is 3.23. The minimum Gasteiger partial charge on any atom is -0.329 e. The van der Waals surface area contributed by atoms with Gasteiger partial charge in [-0.1, -0.05) is 26.0 Å². The molecule has 108 valence electrons. The first-order valence-corrected chi connectivity index (χ1v) is 7.66. The average molecular weight is 297 g/mol. The Hall–Kier alpha value is -1.73. The molecule has 0 saturated carbocycles. The molecular weight excluding hydrogens is 281 g/mol. The Kier molecular flexibility index (Phi) is 3.92. The molecule has 1 heterocycles. The number of aromatic nitrogens is 2. The number of benzene rings is 1. The van der Waals surface area contributed by atoms with Gasteiger partial charge in [0.1, 0.15) is 11.6 Å². The zero-order valence-electron chi connectivity index (χ0n) is 11.2. The Labute approximate surface area is 117 Å². The van der Waals surface area contributed by atoms with E-state index in [-0.39, 0.29) is 16.8 Å². The van der Waals surface area contributed by atoms with Crippen LogP contribution in [0.1, 0.15) is 31.2 Å². The van der Waals surface area contributed by atoms with Gasteiger partial charge in [0.05, 0.1) is 0 Å². The standard InChI is InChI=1S/C13H16FN3O2S/c1-9(2)13-16-12(20(15,18)19)8-17(13)7-10-4-3-5-11(14)6-10/h3-6,8-9H,7H2,1-2H3,(H2,15,18,19). The maximum Gasteiger partial charge on any atom is 0.257 e. The number of hydrogen-bond donors (Lipinski definition) is 1. The minimum atomic E-state index is -3.84. The van der Waals surface area contributed by atoms with Gasteiger partial charge < -0.3 is 4.57 Å².